The highest BCUT2D eigenvalue weighted by molar-refractivity contribution is 5.93. The summed E-state index contributed by atoms with van der Waals surface area (Å²) < 4.78 is 17.4. The zero-order valence-electron chi connectivity index (χ0n) is 14.3. The lowest BCUT2D eigenvalue weighted by molar-refractivity contribution is -0.108. The molecule has 132 valence electrons. The number of carbonyl (C=O) groups excluding carboxylic acids is 1. The molecule has 0 bridgehead atoms. The molecule has 2 aromatic heterocycles. The number of furan rings is 1. The van der Waals surface area contributed by atoms with Crippen molar-refractivity contribution < 1.29 is 18.7 Å². The molecule has 0 radical (unpaired) electrons. The Balaban J connectivity index is 1.43. The van der Waals surface area contributed by atoms with Crippen molar-refractivity contribution in [2.45, 2.75) is 44.6 Å². The van der Waals surface area contributed by atoms with Gasteiger partial charge < -0.3 is 18.8 Å². The smallest absolute Gasteiger partial charge is 0.290 e. The van der Waals surface area contributed by atoms with Gasteiger partial charge in [0.05, 0.1) is 31.6 Å². The van der Waals surface area contributed by atoms with Crippen molar-refractivity contribution in [2.75, 3.05) is 13.2 Å². The van der Waals surface area contributed by atoms with E-state index in [1.54, 1.807) is 18.7 Å². The molecule has 0 unspecified atom stereocenters. The molecule has 6 heteroatoms. The van der Waals surface area contributed by atoms with Gasteiger partial charge in [0, 0.05) is 24.5 Å². The molecule has 1 amide bonds. The van der Waals surface area contributed by atoms with Crippen molar-refractivity contribution >= 4 is 5.91 Å². The van der Waals surface area contributed by atoms with E-state index in [0.717, 1.165) is 24.0 Å². The third kappa shape index (κ3) is 3.19. The Morgan fingerprint density at radius 3 is 2.92 bits per heavy atom. The Kier molecular flexibility index (Phi) is 4.55. The second-order valence-electron chi connectivity index (χ2n) is 6.62. The molecule has 25 heavy (non-hydrogen) atoms. The van der Waals surface area contributed by atoms with Gasteiger partial charge in [0.1, 0.15) is 6.10 Å². The molecule has 0 N–H and O–H groups in total. The predicted molar refractivity (Wildman–Crippen MR) is 90.1 cm³/mol. The van der Waals surface area contributed by atoms with Gasteiger partial charge in [-0.15, -0.1) is 0 Å². The minimum atomic E-state index is -0.0743. The molecule has 2 fully saturated rings. The molecule has 1 aliphatic heterocycles. The van der Waals surface area contributed by atoms with Crippen LogP contribution in [0.15, 0.2) is 41.3 Å². The van der Waals surface area contributed by atoms with E-state index in [1.807, 2.05) is 30.0 Å². The van der Waals surface area contributed by atoms with E-state index < -0.39 is 0 Å². The van der Waals surface area contributed by atoms with Gasteiger partial charge in [-0.25, -0.2) is 0 Å². The molecular weight excluding hydrogens is 320 g/mol. The number of amides is 1. The van der Waals surface area contributed by atoms with Gasteiger partial charge in [-0.2, -0.15) is 0 Å². The normalized spacial score (nSPS) is 25.8. The van der Waals surface area contributed by atoms with Crippen molar-refractivity contribution in [2.24, 2.45) is 0 Å². The van der Waals surface area contributed by atoms with Crippen LogP contribution in [-0.4, -0.2) is 47.2 Å². The number of pyridine rings is 1. The summed E-state index contributed by atoms with van der Waals surface area (Å²) >= 11 is 0. The molecule has 0 spiro atoms. The van der Waals surface area contributed by atoms with Gasteiger partial charge >= 0.3 is 0 Å². The molecule has 6 nitrogen and oxygen atoms in total. The van der Waals surface area contributed by atoms with E-state index in [4.69, 9.17) is 13.9 Å². The highest BCUT2D eigenvalue weighted by Crippen LogP contribution is 2.33. The summed E-state index contributed by atoms with van der Waals surface area (Å²) in [5.41, 5.74) is 1.96. The Bertz CT molecular complexity index is 730. The lowest BCUT2D eigenvalue weighted by Crippen LogP contribution is -2.53. The number of carbonyl (C=O) groups is 1. The summed E-state index contributed by atoms with van der Waals surface area (Å²) in [5, 5.41) is 0. The minimum absolute atomic E-state index is 0.00598. The van der Waals surface area contributed by atoms with Crippen LogP contribution in [-0.2, 0) is 16.1 Å². The summed E-state index contributed by atoms with van der Waals surface area (Å²) in [6, 6.07) is 5.77. The molecule has 1 saturated carbocycles. The van der Waals surface area contributed by atoms with E-state index in [0.29, 0.717) is 25.5 Å². The SMILES string of the molecule is Cc1ccoc1C(=O)N1CCO[C@H]2[C@@H](OCc3ccncc3)CC[C@@H]21. The van der Waals surface area contributed by atoms with Gasteiger partial charge in [-0.05, 0) is 43.5 Å². The fourth-order valence-corrected chi connectivity index (χ4v) is 3.75. The molecular formula is C19H22N2O4. The maximum Gasteiger partial charge on any atom is 0.290 e. The van der Waals surface area contributed by atoms with Crippen LogP contribution in [0.5, 0.6) is 0 Å². The summed E-state index contributed by atoms with van der Waals surface area (Å²) in [5.74, 6) is 0.386. The van der Waals surface area contributed by atoms with Crippen molar-refractivity contribution in [1.82, 2.24) is 9.88 Å². The van der Waals surface area contributed by atoms with Crippen LogP contribution < -0.4 is 0 Å². The van der Waals surface area contributed by atoms with Crippen molar-refractivity contribution in [1.29, 1.82) is 0 Å². The fraction of sp³-hybridized carbons (Fsp3) is 0.474. The van der Waals surface area contributed by atoms with Crippen LogP contribution in [0.4, 0.5) is 0 Å². The Morgan fingerprint density at radius 2 is 2.16 bits per heavy atom. The van der Waals surface area contributed by atoms with Crippen LogP contribution in [0.2, 0.25) is 0 Å². The van der Waals surface area contributed by atoms with Crippen LogP contribution in [0.1, 0.15) is 34.5 Å². The third-order valence-corrected chi connectivity index (χ3v) is 5.07. The molecule has 3 heterocycles. The summed E-state index contributed by atoms with van der Waals surface area (Å²) in [7, 11) is 0. The maximum absolute atomic E-state index is 12.8. The Hall–Kier alpha value is -2.18. The molecule has 3 atom stereocenters. The predicted octanol–water partition coefficient (Wildman–Crippen LogP) is 2.57. The molecule has 1 saturated heterocycles. The average Bonchev–Trinajstić information content (AvgIpc) is 3.26. The second-order valence-corrected chi connectivity index (χ2v) is 6.62. The van der Waals surface area contributed by atoms with E-state index in [1.165, 1.54) is 0 Å². The van der Waals surface area contributed by atoms with E-state index in [9.17, 15) is 4.79 Å². The average molecular weight is 342 g/mol. The molecule has 4 rings (SSSR count). The number of nitrogens with zero attached hydrogens (tertiary/aromatic N) is 2. The van der Waals surface area contributed by atoms with E-state index in [2.05, 4.69) is 4.98 Å². The topological polar surface area (TPSA) is 64.8 Å². The first-order valence-corrected chi connectivity index (χ1v) is 8.71. The summed E-state index contributed by atoms with van der Waals surface area (Å²) in [4.78, 5) is 18.8. The van der Waals surface area contributed by atoms with Gasteiger partial charge in [-0.3, -0.25) is 9.78 Å². The monoisotopic (exact) mass is 342 g/mol. The number of morpholine rings is 1. The lowest BCUT2D eigenvalue weighted by atomic mass is 10.1. The maximum atomic E-state index is 12.8. The highest BCUT2D eigenvalue weighted by atomic mass is 16.5. The van der Waals surface area contributed by atoms with Crippen molar-refractivity contribution in [3.05, 3.63) is 53.7 Å². The number of ether oxygens (including phenoxy) is 2. The molecule has 2 aliphatic rings. The van der Waals surface area contributed by atoms with E-state index >= 15 is 0 Å². The number of fused-ring (bicyclic) bond motifs is 1. The lowest BCUT2D eigenvalue weighted by Gasteiger charge is -2.38. The van der Waals surface area contributed by atoms with Crippen LogP contribution in [0.25, 0.3) is 0 Å². The minimum Gasteiger partial charge on any atom is -0.459 e. The number of aromatic nitrogens is 1. The van der Waals surface area contributed by atoms with E-state index in [-0.39, 0.29) is 24.2 Å². The zero-order chi connectivity index (χ0) is 17.2. The van der Waals surface area contributed by atoms with Crippen LogP contribution in [0.3, 0.4) is 0 Å². The number of hydrogen-bond donors (Lipinski definition) is 0. The number of aryl methyl sites for hydroxylation is 1. The highest BCUT2D eigenvalue weighted by Gasteiger charge is 2.45. The quantitative estimate of drug-likeness (QED) is 0.854. The largest absolute Gasteiger partial charge is 0.459 e. The fourth-order valence-electron chi connectivity index (χ4n) is 3.75. The van der Waals surface area contributed by atoms with Crippen molar-refractivity contribution in [3.63, 3.8) is 0 Å². The van der Waals surface area contributed by atoms with Gasteiger partial charge in [0.25, 0.3) is 5.91 Å². The first-order valence-electron chi connectivity index (χ1n) is 8.71. The zero-order valence-corrected chi connectivity index (χ0v) is 14.3. The first kappa shape index (κ1) is 16.3. The van der Waals surface area contributed by atoms with Crippen LogP contribution in [0, 0.1) is 6.92 Å². The Morgan fingerprint density at radius 1 is 1.32 bits per heavy atom. The molecule has 2 aromatic rings. The number of rotatable bonds is 4. The standard InChI is InChI=1S/C19H22N2O4/c1-13-6-10-23-17(13)19(22)21-9-11-24-18-15(21)2-3-16(18)25-12-14-4-7-20-8-5-14/h4-8,10,15-16,18H,2-3,9,11-12H2,1H3/t15-,16-,18+/m0/s1. The van der Waals surface area contributed by atoms with Gasteiger partial charge in [0.15, 0.2) is 5.76 Å². The van der Waals surface area contributed by atoms with Crippen molar-refractivity contribution in [3.8, 4) is 0 Å². The summed E-state index contributed by atoms with van der Waals surface area (Å²) in [6.07, 6.45) is 6.80. The first-order chi connectivity index (χ1) is 12.2. The van der Waals surface area contributed by atoms with Gasteiger partial charge in [-0.1, -0.05) is 0 Å². The van der Waals surface area contributed by atoms with Gasteiger partial charge in [0.2, 0.25) is 0 Å². The molecule has 1 aliphatic carbocycles. The molecule has 0 aromatic carbocycles. The number of hydrogen-bond acceptors (Lipinski definition) is 5. The van der Waals surface area contributed by atoms with Crippen LogP contribution >= 0.6 is 0 Å². The Labute approximate surface area is 146 Å². The summed E-state index contributed by atoms with van der Waals surface area (Å²) in [6.45, 7) is 3.55. The second kappa shape index (κ2) is 6.98. The third-order valence-electron chi connectivity index (χ3n) is 5.07.